The van der Waals surface area contributed by atoms with Gasteiger partial charge < -0.3 is 9.80 Å². The minimum absolute atomic E-state index is 0.0835. The van der Waals surface area contributed by atoms with Crippen LogP contribution in [0.25, 0.3) is 21.5 Å². The molecule has 0 saturated heterocycles. The van der Waals surface area contributed by atoms with Crippen LogP contribution in [0.5, 0.6) is 0 Å². The van der Waals surface area contributed by atoms with Crippen LogP contribution in [-0.4, -0.2) is 13.4 Å². The number of nitrogens with zero attached hydrogens (tertiary/aromatic N) is 2. The molecule has 0 aliphatic carbocycles. The molecule has 11 rings (SSSR count). The molecule has 0 bridgehead atoms. The van der Waals surface area contributed by atoms with E-state index in [-0.39, 0.29) is 13.4 Å². The van der Waals surface area contributed by atoms with E-state index in [1.165, 1.54) is 133 Å². The summed E-state index contributed by atoms with van der Waals surface area (Å²) in [4.78, 5) is 5.28. The van der Waals surface area contributed by atoms with Gasteiger partial charge in [0.15, 0.2) is 0 Å². The normalized spacial score (nSPS) is 13.5. The maximum Gasteiger partial charge on any atom is 0.247 e. The molecule has 4 heteroatoms. The molecule has 0 amide bonds. The van der Waals surface area contributed by atoms with Crippen molar-refractivity contribution >= 4 is 102 Å². The molecule has 8 aromatic rings. The number of hydrogen-bond acceptors (Lipinski definition) is 2. The highest BCUT2D eigenvalue weighted by Crippen LogP contribution is 2.55. The van der Waals surface area contributed by atoms with Crippen LogP contribution in [0.15, 0.2) is 121 Å². The van der Waals surface area contributed by atoms with E-state index < -0.39 is 0 Å². The number of anilines is 6. The van der Waals surface area contributed by atoms with E-state index in [1.807, 2.05) is 0 Å². The molecule has 0 atom stereocenters. The molecule has 8 aromatic carbocycles. The fourth-order valence-corrected chi connectivity index (χ4v) is 11.4. The van der Waals surface area contributed by atoms with Crippen molar-refractivity contribution in [2.24, 2.45) is 0 Å². The van der Waals surface area contributed by atoms with Gasteiger partial charge in [0.1, 0.15) is 0 Å². The Morgan fingerprint density at radius 2 is 0.776 bits per heavy atom. The van der Waals surface area contributed by atoms with E-state index >= 15 is 0 Å². The molecular formula is C54H48B2N2. The van der Waals surface area contributed by atoms with Gasteiger partial charge in [0.25, 0.3) is 0 Å². The molecule has 0 radical (unpaired) electrons. The van der Waals surface area contributed by atoms with Gasteiger partial charge in [0.2, 0.25) is 13.4 Å². The molecular weight excluding hydrogens is 698 g/mol. The van der Waals surface area contributed by atoms with Crippen LogP contribution in [0.1, 0.15) is 58.4 Å². The first-order valence-electron chi connectivity index (χ1n) is 21.3. The van der Waals surface area contributed by atoms with Crippen molar-refractivity contribution in [3.05, 3.63) is 166 Å². The van der Waals surface area contributed by atoms with E-state index in [9.17, 15) is 0 Å². The zero-order valence-electron chi connectivity index (χ0n) is 35.0. The molecule has 3 heterocycles. The van der Waals surface area contributed by atoms with Crippen LogP contribution in [-0.2, 0) is 12.8 Å². The first-order valence-corrected chi connectivity index (χ1v) is 21.3. The minimum Gasteiger partial charge on any atom is -0.307 e. The zero-order valence-corrected chi connectivity index (χ0v) is 35.0. The molecule has 0 N–H and O–H groups in total. The van der Waals surface area contributed by atoms with Gasteiger partial charge in [-0.15, -0.1) is 0 Å². The monoisotopic (exact) mass is 746 g/mol. The van der Waals surface area contributed by atoms with Gasteiger partial charge in [-0.2, -0.15) is 0 Å². The number of para-hydroxylation sites is 2. The lowest BCUT2D eigenvalue weighted by atomic mass is 9.33. The summed E-state index contributed by atoms with van der Waals surface area (Å²) in [6.45, 7) is 18.4. The van der Waals surface area contributed by atoms with Crippen LogP contribution in [0.4, 0.5) is 34.1 Å². The highest BCUT2D eigenvalue weighted by molar-refractivity contribution is 7.00. The maximum atomic E-state index is 2.64. The van der Waals surface area contributed by atoms with Crippen molar-refractivity contribution in [2.45, 2.75) is 68.2 Å². The van der Waals surface area contributed by atoms with Gasteiger partial charge in [-0.1, -0.05) is 155 Å². The number of hydrogen-bond donors (Lipinski definition) is 0. The smallest absolute Gasteiger partial charge is 0.247 e. The average Bonchev–Trinajstić information content (AvgIpc) is 3.20. The van der Waals surface area contributed by atoms with Gasteiger partial charge >= 0.3 is 0 Å². The second kappa shape index (κ2) is 12.8. The highest BCUT2D eigenvalue weighted by atomic mass is 15.3. The second-order valence-electron chi connectivity index (χ2n) is 17.5. The Morgan fingerprint density at radius 1 is 0.379 bits per heavy atom. The summed E-state index contributed by atoms with van der Waals surface area (Å²) in [7, 11) is 0. The quantitative estimate of drug-likeness (QED) is 0.166. The third-order valence-electron chi connectivity index (χ3n) is 13.7. The Balaban J connectivity index is 1.27. The maximum absolute atomic E-state index is 2.64. The zero-order chi connectivity index (χ0) is 39.7. The molecule has 2 nitrogen and oxygen atoms in total. The largest absolute Gasteiger partial charge is 0.307 e. The Morgan fingerprint density at radius 3 is 1.16 bits per heavy atom. The van der Waals surface area contributed by atoms with E-state index in [1.54, 1.807) is 0 Å². The number of rotatable bonds is 4. The number of aryl methyl sites for hydroxylation is 8. The standard InChI is InChI=1S/C54H48B2N2/c1-9-37-17-19-39-29-49-45(27-41(39)25-37)55(51-33(5)21-31(3)22-34(51)6)43-13-11-16-48-53(43)57(49)47-15-12-14-44-54(47)58(48)50-30-40-20-18-38(10-2)26-42(40)28-46(50)56(44)52-35(7)23-32(4)24-36(52)8/h11-30H,9-10H2,1-8H3. The average molecular weight is 747 g/mol. The topological polar surface area (TPSA) is 6.48 Å². The fourth-order valence-electron chi connectivity index (χ4n) is 11.4. The predicted octanol–water partition coefficient (Wildman–Crippen LogP) is 9.88. The molecule has 3 aliphatic heterocycles. The van der Waals surface area contributed by atoms with Gasteiger partial charge in [-0.3, -0.25) is 0 Å². The van der Waals surface area contributed by atoms with Gasteiger partial charge in [0.05, 0.1) is 22.7 Å². The summed E-state index contributed by atoms with van der Waals surface area (Å²) < 4.78 is 0. The fraction of sp³-hybridized carbons (Fsp3) is 0.185. The minimum atomic E-state index is 0.0835. The molecule has 0 fully saturated rings. The highest BCUT2D eigenvalue weighted by Gasteiger charge is 2.47. The van der Waals surface area contributed by atoms with Crippen LogP contribution in [0.2, 0.25) is 0 Å². The SMILES string of the molecule is CCc1ccc2cc3c(cc2c1)B(c1c(C)cc(C)cc1C)c1cccc2c1N3c1cccc3c1N2c1cc2ccc(CC)cc2cc1B3c1c(C)cc(C)cc1C. The first kappa shape index (κ1) is 35.2. The van der Waals surface area contributed by atoms with Crippen molar-refractivity contribution in [2.75, 3.05) is 9.80 Å². The molecule has 0 spiro atoms. The third kappa shape index (κ3) is 4.94. The first-order chi connectivity index (χ1) is 28.1. The van der Waals surface area contributed by atoms with Gasteiger partial charge in [0, 0.05) is 11.4 Å². The predicted molar refractivity (Wildman–Crippen MR) is 254 cm³/mol. The molecule has 280 valence electrons. The van der Waals surface area contributed by atoms with E-state index in [2.05, 4.69) is 187 Å². The van der Waals surface area contributed by atoms with Gasteiger partial charge in [-0.05, 0) is 133 Å². The summed E-state index contributed by atoms with van der Waals surface area (Å²) >= 11 is 0. The van der Waals surface area contributed by atoms with Crippen molar-refractivity contribution in [1.82, 2.24) is 0 Å². The van der Waals surface area contributed by atoms with Crippen molar-refractivity contribution < 1.29 is 0 Å². The summed E-state index contributed by atoms with van der Waals surface area (Å²) in [5.41, 5.74) is 26.8. The second-order valence-corrected chi connectivity index (χ2v) is 17.5. The van der Waals surface area contributed by atoms with E-state index in [0.717, 1.165) is 12.8 Å². The number of benzene rings is 8. The number of fused-ring (bicyclic) bond motifs is 8. The molecule has 0 saturated carbocycles. The van der Waals surface area contributed by atoms with E-state index in [0.29, 0.717) is 0 Å². The Bertz CT molecular complexity index is 2830. The molecule has 0 unspecified atom stereocenters. The van der Waals surface area contributed by atoms with Crippen LogP contribution in [0.3, 0.4) is 0 Å². The lowest BCUT2D eigenvalue weighted by molar-refractivity contribution is 1.15. The van der Waals surface area contributed by atoms with Crippen molar-refractivity contribution in [1.29, 1.82) is 0 Å². The summed E-state index contributed by atoms with van der Waals surface area (Å²) in [6, 6.07) is 47.9. The van der Waals surface area contributed by atoms with Crippen LogP contribution < -0.4 is 42.6 Å². The lowest BCUT2D eigenvalue weighted by Crippen LogP contribution is -2.61. The Hall–Kier alpha value is -5.99. The summed E-state index contributed by atoms with van der Waals surface area (Å²) in [5.74, 6) is 0. The van der Waals surface area contributed by atoms with E-state index in [4.69, 9.17) is 0 Å². The Labute approximate surface area is 344 Å². The van der Waals surface area contributed by atoms with Gasteiger partial charge in [-0.25, -0.2) is 0 Å². The van der Waals surface area contributed by atoms with Crippen LogP contribution in [0, 0.1) is 41.5 Å². The summed E-state index contributed by atoms with van der Waals surface area (Å²) in [5, 5.41) is 5.20. The Kier molecular flexibility index (Phi) is 7.74. The molecule has 0 aromatic heterocycles. The summed E-state index contributed by atoms with van der Waals surface area (Å²) in [6.07, 6.45) is 2.04. The van der Waals surface area contributed by atoms with Crippen molar-refractivity contribution in [3.63, 3.8) is 0 Å². The molecule has 58 heavy (non-hydrogen) atoms. The van der Waals surface area contributed by atoms with Crippen LogP contribution >= 0.6 is 0 Å². The third-order valence-corrected chi connectivity index (χ3v) is 13.7. The lowest BCUT2D eigenvalue weighted by Gasteiger charge is -2.49. The molecule has 3 aliphatic rings. The van der Waals surface area contributed by atoms with Crippen molar-refractivity contribution in [3.8, 4) is 0 Å².